The average Bonchev–Trinajstić information content (AvgIpc) is 3.90. The van der Waals surface area contributed by atoms with Crippen LogP contribution < -0.4 is 0 Å². The highest BCUT2D eigenvalue weighted by Crippen LogP contribution is 2.48. The van der Waals surface area contributed by atoms with Gasteiger partial charge in [-0.05, 0) is 85.3 Å². The first-order valence-corrected chi connectivity index (χ1v) is 16.7. The van der Waals surface area contributed by atoms with E-state index in [9.17, 15) is 5.48 Å². The molecular weight excluding hydrogens is 633 g/mol. The van der Waals surface area contributed by atoms with E-state index >= 15 is 0 Å². The van der Waals surface area contributed by atoms with E-state index in [1.807, 2.05) is 84.9 Å². The summed E-state index contributed by atoms with van der Waals surface area (Å²) < 4.78 is 129. The molecule has 2 nitrogen and oxygen atoms in total. The van der Waals surface area contributed by atoms with Crippen molar-refractivity contribution < 1.29 is 26.7 Å². The Morgan fingerprint density at radius 3 is 1.62 bits per heavy atom. The smallest absolute Gasteiger partial charge is 0.143 e. The lowest BCUT2D eigenvalue weighted by molar-refractivity contribution is 0.668. The largest absolute Gasteiger partial charge is 0.456 e. The van der Waals surface area contributed by atoms with Crippen molar-refractivity contribution in [1.82, 2.24) is 0 Å². The predicted molar refractivity (Wildman–Crippen MR) is 218 cm³/mol. The van der Waals surface area contributed by atoms with Crippen molar-refractivity contribution in [2.24, 2.45) is 0 Å². The van der Waals surface area contributed by atoms with Crippen LogP contribution in [-0.2, 0) is 0 Å². The predicted octanol–water partition coefficient (Wildman–Crippen LogP) is 14.5. The molecule has 0 saturated heterocycles. The number of rotatable bonds is 4. The fourth-order valence-corrected chi connectivity index (χ4v) is 7.67. The molecule has 242 valence electrons. The molecule has 0 spiro atoms. The molecule has 0 unspecified atom stereocenters. The molecule has 0 aliphatic heterocycles. The SMILES string of the molecule is [2H]c1c([2H])c([2H])c(-c2c3c([2H])c([2H])c([2H])c([2H])c3c(-c3cccc(-c4c(-c5cccc6c5oc5ccccc56)ccc5oc6ccccc6c45)c3)c3c([2H])c([2H])c([2H])c([2H])c23)c([2H])c1[2H]. The molecule has 0 aliphatic carbocycles. The molecule has 0 aliphatic rings. The van der Waals surface area contributed by atoms with Gasteiger partial charge in [-0.3, -0.25) is 0 Å². The van der Waals surface area contributed by atoms with E-state index in [2.05, 4.69) is 0 Å². The Kier molecular flexibility index (Phi) is 4.11. The van der Waals surface area contributed by atoms with E-state index in [0.29, 0.717) is 33.5 Å². The van der Waals surface area contributed by atoms with Crippen LogP contribution in [0.3, 0.4) is 0 Å². The van der Waals surface area contributed by atoms with Crippen LogP contribution in [0.4, 0.5) is 0 Å². The minimum atomic E-state index is -0.726. The average molecular weight is 676 g/mol. The van der Waals surface area contributed by atoms with Crippen LogP contribution in [-0.4, -0.2) is 0 Å². The van der Waals surface area contributed by atoms with Gasteiger partial charge in [0.2, 0.25) is 0 Å². The van der Waals surface area contributed by atoms with Crippen molar-refractivity contribution in [2.45, 2.75) is 0 Å². The van der Waals surface area contributed by atoms with Gasteiger partial charge in [0.05, 0.1) is 17.8 Å². The Morgan fingerprint density at radius 1 is 0.346 bits per heavy atom. The Bertz CT molecular complexity index is 3830. The zero-order valence-electron chi connectivity index (χ0n) is 40.1. The van der Waals surface area contributed by atoms with E-state index < -0.39 is 84.1 Å². The number of hydrogen-bond acceptors (Lipinski definition) is 2. The summed E-state index contributed by atoms with van der Waals surface area (Å²) in [6.45, 7) is 0. The van der Waals surface area contributed by atoms with Crippen LogP contribution in [0.2, 0.25) is 0 Å². The summed E-state index contributed by atoms with van der Waals surface area (Å²) in [6.07, 6.45) is 0. The van der Waals surface area contributed by atoms with Crippen molar-refractivity contribution in [1.29, 1.82) is 0 Å². The van der Waals surface area contributed by atoms with E-state index in [1.165, 1.54) is 0 Å². The second-order valence-corrected chi connectivity index (χ2v) is 12.6. The first kappa shape index (κ1) is 18.9. The molecule has 0 radical (unpaired) electrons. The van der Waals surface area contributed by atoms with Crippen LogP contribution in [0.25, 0.3) is 110 Å². The van der Waals surface area contributed by atoms with Gasteiger partial charge in [0.25, 0.3) is 0 Å². The lowest BCUT2D eigenvalue weighted by Gasteiger charge is -2.19. The third-order valence-electron chi connectivity index (χ3n) is 9.80. The molecule has 0 N–H and O–H groups in total. The summed E-state index contributed by atoms with van der Waals surface area (Å²) in [5, 5.41) is 2.60. The summed E-state index contributed by atoms with van der Waals surface area (Å²) in [5.41, 5.74) is 5.09. The highest BCUT2D eigenvalue weighted by Gasteiger charge is 2.22. The molecule has 0 fully saturated rings. The Balaban J connectivity index is 1.32. The Morgan fingerprint density at radius 2 is 0.904 bits per heavy atom. The van der Waals surface area contributed by atoms with E-state index in [-0.39, 0.29) is 32.7 Å². The zero-order chi connectivity index (χ0) is 45.5. The lowest BCUT2D eigenvalue weighted by Crippen LogP contribution is -1.92. The molecular formula is C50H30O2. The van der Waals surface area contributed by atoms with Gasteiger partial charge in [0, 0.05) is 32.7 Å². The van der Waals surface area contributed by atoms with Crippen molar-refractivity contribution in [2.75, 3.05) is 0 Å². The minimum Gasteiger partial charge on any atom is -0.456 e. The summed E-state index contributed by atoms with van der Waals surface area (Å²) in [7, 11) is 0. The van der Waals surface area contributed by atoms with Crippen LogP contribution in [0.1, 0.15) is 17.8 Å². The number of hydrogen-bond donors (Lipinski definition) is 0. The third-order valence-corrected chi connectivity index (χ3v) is 9.80. The second kappa shape index (κ2) is 11.3. The molecule has 0 atom stereocenters. The molecule has 2 heterocycles. The quantitative estimate of drug-likeness (QED) is 0.174. The van der Waals surface area contributed by atoms with Gasteiger partial charge in [-0.15, -0.1) is 0 Å². The highest BCUT2D eigenvalue weighted by molar-refractivity contribution is 6.22. The van der Waals surface area contributed by atoms with Gasteiger partial charge >= 0.3 is 0 Å². The monoisotopic (exact) mass is 675 g/mol. The molecule has 11 aromatic rings. The Labute approximate surface area is 318 Å². The van der Waals surface area contributed by atoms with Gasteiger partial charge in [-0.1, -0.05) is 151 Å². The molecule has 0 bridgehead atoms. The van der Waals surface area contributed by atoms with Gasteiger partial charge < -0.3 is 8.83 Å². The minimum absolute atomic E-state index is 0.0390. The second-order valence-electron chi connectivity index (χ2n) is 12.6. The van der Waals surface area contributed by atoms with Crippen LogP contribution >= 0.6 is 0 Å². The maximum Gasteiger partial charge on any atom is 0.143 e. The van der Waals surface area contributed by atoms with Crippen LogP contribution in [0, 0.1) is 0 Å². The first-order valence-electron chi connectivity index (χ1n) is 23.2. The summed E-state index contributed by atoms with van der Waals surface area (Å²) in [4.78, 5) is 0. The first-order chi connectivity index (χ1) is 31.2. The summed E-state index contributed by atoms with van der Waals surface area (Å²) in [6, 6.07) is 23.8. The number of para-hydroxylation sites is 3. The maximum atomic E-state index is 9.46. The maximum absolute atomic E-state index is 9.46. The van der Waals surface area contributed by atoms with E-state index in [0.717, 1.165) is 38.2 Å². The third kappa shape index (κ3) is 4.25. The van der Waals surface area contributed by atoms with Crippen LogP contribution in [0.15, 0.2) is 191 Å². The van der Waals surface area contributed by atoms with Crippen molar-refractivity contribution in [3.05, 3.63) is 182 Å². The molecule has 2 aromatic heterocycles. The van der Waals surface area contributed by atoms with Crippen molar-refractivity contribution in [3.63, 3.8) is 0 Å². The highest BCUT2D eigenvalue weighted by atomic mass is 16.3. The standard InChI is InChI=1S/C50H30O2/c1-2-14-31(15-3-1)46-35-19-4-6-21-37(35)47(38-22-7-5-20-36(38)46)32-16-12-17-33(30-32)48-39(28-29-45-49(48)42-23-9-11-27-44(42)51-45)41-25-13-24-40-34-18-8-10-26-43(34)52-50(40)41/h1-30H/i1D,2D,3D,4D,5D,6D,7D,14D,15D,19D,20D,21D,22D. The topological polar surface area (TPSA) is 26.3 Å². The molecule has 0 amide bonds. The zero-order valence-corrected chi connectivity index (χ0v) is 27.1. The Hall–Kier alpha value is -6.90. The van der Waals surface area contributed by atoms with Crippen molar-refractivity contribution in [3.8, 4) is 44.5 Å². The fraction of sp³-hybridized carbons (Fsp3) is 0. The number of benzene rings is 9. The molecule has 52 heavy (non-hydrogen) atoms. The van der Waals surface area contributed by atoms with Gasteiger partial charge in [-0.2, -0.15) is 0 Å². The normalized spacial score (nSPS) is 15.3. The van der Waals surface area contributed by atoms with Crippen LogP contribution in [0.5, 0.6) is 0 Å². The summed E-state index contributed by atoms with van der Waals surface area (Å²) >= 11 is 0. The fourth-order valence-electron chi connectivity index (χ4n) is 7.67. The van der Waals surface area contributed by atoms with E-state index in [1.54, 1.807) is 18.2 Å². The molecule has 9 aromatic carbocycles. The van der Waals surface area contributed by atoms with E-state index in [4.69, 9.17) is 21.2 Å². The summed E-state index contributed by atoms with van der Waals surface area (Å²) in [5.74, 6) is 0. The number of fused-ring (bicyclic) bond motifs is 8. The van der Waals surface area contributed by atoms with Gasteiger partial charge in [0.1, 0.15) is 22.3 Å². The lowest BCUT2D eigenvalue weighted by atomic mass is 9.84. The van der Waals surface area contributed by atoms with Gasteiger partial charge in [-0.25, -0.2) is 0 Å². The number of furan rings is 2. The molecule has 2 heteroatoms. The molecule has 0 saturated carbocycles. The van der Waals surface area contributed by atoms with Gasteiger partial charge in [0.15, 0.2) is 0 Å². The molecule has 11 rings (SSSR count). The van der Waals surface area contributed by atoms with Crippen molar-refractivity contribution >= 4 is 65.4 Å².